The SMILES string of the molecule is O=CC1N=CC2=CN=CC=CN21. The number of aldehydes is 1. The Morgan fingerprint density at radius 1 is 1.58 bits per heavy atom. The van der Waals surface area contributed by atoms with E-state index in [2.05, 4.69) is 9.98 Å². The summed E-state index contributed by atoms with van der Waals surface area (Å²) in [5.74, 6) is 0. The predicted octanol–water partition coefficient (Wildman–Crippen LogP) is 0.337. The summed E-state index contributed by atoms with van der Waals surface area (Å²) in [6.45, 7) is 0. The van der Waals surface area contributed by atoms with Crippen molar-refractivity contribution in [1.29, 1.82) is 0 Å². The summed E-state index contributed by atoms with van der Waals surface area (Å²) in [7, 11) is 0. The van der Waals surface area contributed by atoms with Crippen molar-refractivity contribution in [2.75, 3.05) is 0 Å². The molecule has 1 unspecified atom stereocenters. The summed E-state index contributed by atoms with van der Waals surface area (Å²) >= 11 is 0. The zero-order valence-electron chi connectivity index (χ0n) is 6.29. The lowest BCUT2D eigenvalue weighted by atomic mass is 10.4. The highest BCUT2D eigenvalue weighted by molar-refractivity contribution is 5.86. The Morgan fingerprint density at radius 3 is 3.33 bits per heavy atom. The molecule has 2 aliphatic heterocycles. The number of fused-ring (bicyclic) bond motifs is 1. The molecule has 0 N–H and O–H groups in total. The second-order valence-electron chi connectivity index (χ2n) is 2.43. The average molecular weight is 161 g/mol. The van der Waals surface area contributed by atoms with Gasteiger partial charge in [0.2, 0.25) is 0 Å². The van der Waals surface area contributed by atoms with Crippen LogP contribution in [0.3, 0.4) is 0 Å². The van der Waals surface area contributed by atoms with Crippen LogP contribution in [-0.4, -0.2) is 29.8 Å². The van der Waals surface area contributed by atoms with Crippen LogP contribution >= 0.6 is 0 Å². The molecule has 0 fully saturated rings. The molecule has 0 radical (unpaired) electrons. The Kier molecular flexibility index (Phi) is 1.59. The van der Waals surface area contributed by atoms with Crippen molar-refractivity contribution in [3.05, 3.63) is 24.2 Å². The molecule has 0 spiro atoms. The van der Waals surface area contributed by atoms with Gasteiger partial charge in [0.1, 0.15) is 0 Å². The van der Waals surface area contributed by atoms with E-state index in [1.165, 1.54) is 0 Å². The molecule has 0 aromatic carbocycles. The van der Waals surface area contributed by atoms with Gasteiger partial charge in [-0.1, -0.05) is 0 Å². The first-order chi connectivity index (χ1) is 5.92. The highest BCUT2D eigenvalue weighted by atomic mass is 16.1. The first kappa shape index (κ1) is 6.97. The second kappa shape index (κ2) is 2.73. The van der Waals surface area contributed by atoms with E-state index in [9.17, 15) is 4.79 Å². The first-order valence-electron chi connectivity index (χ1n) is 3.59. The molecule has 0 aromatic rings. The molecular formula is C8H7N3O. The molecule has 2 aliphatic rings. The molecule has 0 saturated heterocycles. The van der Waals surface area contributed by atoms with Crippen LogP contribution in [-0.2, 0) is 4.79 Å². The Bertz CT molecular complexity index is 314. The maximum atomic E-state index is 10.5. The van der Waals surface area contributed by atoms with E-state index in [1.54, 1.807) is 35.8 Å². The Balaban J connectivity index is 2.35. The molecule has 0 amide bonds. The number of carbonyl (C=O) groups excluding carboxylic acids is 1. The van der Waals surface area contributed by atoms with Crippen LogP contribution in [0.1, 0.15) is 0 Å². The molecule has 4 heteroatoms. The summed E-state index contributed by atoms with van der Waals surface area (Å²) in [6.07, 6.45) is 8.94. The van der Waals surface area contributed by atoms with Crippen molar-refractivity contribution in [3.63, 3.8) is 0 Å². The number of hydrogen-bond donors (Lipinski definition) is 0. The van der Waals surface area contributed by atoms with E-state index in [1.807, 2.05) is 0 Å². The third-order valence-corrected chi connectivity index (χ3v) is 1.69. The van der Waals surface area contributed by atoms with Gasteiger partial charge >= 0.3 is 0 Å². The van der Waals surface area contributed by atoms with E-state index in [0.29, 0.717) is 0 Å². The lowest BCUT2D eigenvalue weighted by Gasteiger charge is -2.15. The minimum Gasteiger partial charge on any atom is -0.317 e. The number of nitrogens with zero attached hydrogens (tertiary/aromatic N) is 3. The lowest BCUT2D eigenvalue weighted by Crippen LogP contribution is -2.24. The normalized spacial score (nSPS) is 25.2. The number of hydrogen-bond acceptors (Lipinski definition) is 4. The van der Waals surface area contributed by atoms with Crippen molar-refractivity contribution >= 4 is 18.7 Å². The fourth-order valence-electron chi connectivity index (χ4n) is 1.12. The fourth-order valence-corrected chi connectivity index (χ4v) is 1.12. The molecule has 0 saturated carbocycles. The summed E-state index contributed by atoms with van der Waals surface area (Å²) in [6, 6.07) is 0. The van der Waals surface area contributed by atoms with Crippen LogP contribution in [0.15, 0.2) is 34.2 Å². The third kappa shape index (κ3) is 0.972. The smallest absolute Gasteiger partial charge is 0.181 e. The van der Waals surface area contributed by atoms with Crippen molar-refractivity contribution in [2.45, 2.75) is 6.17 Å². The van der Waals surface area contributed by atoms with Crippen LogP contribution in [0.25, 0.3) is 0 Å². The minimum atomic E-state index is -0.408. The molecule has 12 heavy (non-hydrogen) atoms. The number of allylic oxidation sites excluding steroid dienone is 2. The standard InChI is InChI=1S/C8H7N3O/c12-6-8-10-5-7-4-9-2-1-3-11(7)8/h1-6,8H. The van der Waals surface area contributed by atoms with Gasteiger partial charge in [-0.15, -0.1) is 0 Å². The highest BCUT2D eigenvalue weighted by Crippen LogP contribution is 2.16. The van der Waals surface area contributed by atoms with Gasteiger partial charge in [-0.2, -0.15) is 0 Å². The first-order valence-corrected chi connectivity index (χ1v) is 3.59. The van der Waals surface area contributed by atoms with Gasteiger partial charge in [0.25, 0.3) is 0 Å². The summed E-state index contributed by atoms with van der Waals surface area (Å²) in [4.78, 5) is 20.2. The van der Waals surface area contributed by atoms with Gasteiger partial charge in [-0.25, -0.2) is 0 Å². The second-order valence-corrected chi connectivity index (χ2v) is 2.43. The van der Waals surface area contributed by atoms with E-state index >= 15 is 0 Å². The number of carbonyl (C=O) groups is 1. The summed E-state index contributed by atoms with van der Waals surface area (Å²) in [5.41, 5.74) is 0.845. The molecule has 0 bridgehead atoms. The van der Waals surface area contributed by atoms with Crippen molar-refractivity contribution in [1.82, 2.24) is 4.90 Å². The average Bonchev–Trinajstić information content (AvgIpc) is 2.33. The Hall–Kier alpha value is -1.71. The molecule has 0 aliphatic carbocycles. The fraction of sp³-hybridized carbons (Fsp3) is 0.125. The lowest BCUT2D eigenvalue weighted by molar-refractivity contribution is -0.110. The van der Waals surface area contributed by atoms with Gasteiger partial charge in [-0.05, 0) is 6.08 Å². The van der Waals surface area contributed by atoms with E-state index in [4.69, 9.17) is 0 Å². The zero-order valence-corrected chi connectivity index (χ0v) is 6.29. The zero-order chi connectivity index (χ0) is 8.39. The van der Waals surface area contributed by atoms with Gasteiger partial charge in [0.15, 0.2) is 12.5 Å². The molecule has 0 aromatic heterocycles. The molecule has 1 atom stereocenters. The molecule has 2 heterocycles. The van der Waals surface area contributed by atoms with Crippen molar-refractivity contribution < 1.29 is 4.79 Å². The summed E-state index contributed by atoms with van der Waals surface area (Å²) < 4.78 is 0. The van der Waals surface area contributed by atoms with Gasteiger partial charge in [0.05, 0.1) is 11.9 Å². The maximum absolute atomic E-state index is 10.5. The monoisotopic (exact) mass is 161 g/mol. The van der Waals surface area contributed by atoms with Crippen LogP contribution in [0.4, 0.5) is 0 Å². The number of aliphatic imine (C=N–C) groups is 2. The molecule has 2 rings (SSSR count). The Morgan fingerprint density at radius 2 is 2.50 bits per heavy atom. The maximum Gasteiger partial charge on any atom is 0.181 e. The molecule has 60 valence electrons. The minimum absolute atomic E-state index is 0.408. The topological polar surface area (TPSA) is 45.0 Å². The quantitative estimate of drug-likeness (QED) is 0.520. The van der Waals surface area contributed by atoms with Crippen LogP contribution in [0.2, 0.25) is 0 Å². The van der Waals surface area contributed by atoms with Gasteiger partial charge < -0.3 is 4.90 Å². The van der Waals surface area contributed by atoms with Crippen molar-refractivity contribution in [2.24, 2.45) is 9.98 Å². The Labute approximate surface area is 69.6 Å². The predicted molar refractivity (Wildman–Crippen MR) is 45.9 cm³/mol. The van der Waals surface area contributed by atoms with Gasteiger partial charge in [0, 0.05) is 18.6 Å². The van der Waals surface area contributed by atoms with Crippen LogP contribution in [0, 0.1) is 0 Å². The molecule has 4 nitrogen and oxygen atoms in total. The van der Waals surface area contributed by atoms with Gasteiger partial charge in [-0.3, -0.25) is 14.8 Å². The largest absolute Gasteiger partial charge is 0.317 e. The molecular weight excluding hydrogens is 154 g/mol. The van der Waals surface area contributed by atoms with Crippen molar-refractivity contribution in [3.8, 4) is 0 Å². The number of rotatable bonds is 1. The van der Waals surface area contributed by atoms with E-state index < -0.39 is 6.17 Å². The highest BCUT2D eigenvalue weighted by Gasteiger charge is 2.21. The summed E-state index contributed by atoms with van der Waals surface area (Å²) in [5, 5.41) is 0. The van der Waals surface area contributed by atoms with E-state index in [0.717, 1.165) is 12.0 Å². The van der Waals surface area contributed by atoms with Crippen LogP contribution < -0.4 is 0 Å². The van der Waals surface area contributed by atoms with Crippen LogP contribution in [0.5, 0.6) is 0 Å². The van der Waals surface area contributed by atoms with E-state index in [-0.39, 0.29) is 0 Å². The third-order valence-electron chi connectivity index (χ3n) is 1.69.